The molecule has 0 spiro atoms. The SMILES string of the molecule is Cl.O.O=C(NCCc1c[nH]c2ccccc12)c1cccnc1. The number of hydrogen-bond acceptors (Lipinski definition) is 2. The second-order valence-electron chi connectivity index (χ2n) is 4.61. The number of nitrogens with zero attached hydrogens (tertiary/aromatic N) is 1. The molecule has 3 aromatic rings. The fourth-order valence-corrected chi connectivity index (χ4v) is 2.25. The van der Waals surface area contributed by atoms with Crippen molar-refractivity contribution < 1.29 is 10.3 Å². The summed E-state index contributed by atoms with van der Waals surface area (Å²) >= 11 is 0. The molecule has 4 N–H and O–H groups in total. The van der Waals surface area contributed by atoms with E-state index in [-0.39, 0.29) is 23.8 Å². The number of aromatic amines is 1. The van der Waals surface area contributed by atoms with Gasteiger partial charge in [-0.2, -0.15) is 0 Å². The molecule has 5 nitrogen and oxygen atoms in total. The predicted molar refractivity (Wildman–Crippen MR) is 89.4 cm³/mol. The van der Waals surface area contributed by atoms with E-state index in [1.54, 1.807) is 24.5 Å². The van der Waals surface area contributed by atoms with Gasteiger partial charge >= 0.3 is 0 Å². The number of rotatable bonds is 4. The van der Waals surface area contributed by atoms with Crippen LogP contribution < -0.4 is 5.32 Å². The molecule has 0 aliphatic carbocycles. The number of benzene rings is 1. The van der Waals surface area contributed by atoms with E-state index in [9.17, 15) is 4.79 Å². The molecule has 6 heteroatoms. The zero-order valence-electron chi connectivity index (χ0n) is 11.9. The number of hydrogen-bond donors (Lipinski definition) is 2. The molecule has 0 saturated heterocycles. The van der Waals surface area contributed by atoms with Crippen molar-refractivity contribution in [2.24, 2.45) is 0 Å². The lowest BCUT2D eigenvalue weighted by Gasteiger charge is -2.04. The number of fused-ring (bicyclic) bond motifs is 1. The highest BCUT2D eigenvalue weighted by molar-refractivity contribution is 5.93. The van der Waals surface area contributed by atoms with Crippen molar-refractivity contribution in [3.8, 4) is 0 Å². The molecule has 1 aromatic carbocycles. The Morgan fingerprint density at radius 2 is 2.00 bits per heavy atom. The number of H-pyrrole nitrogens is 1. The summed E-state index contributed by atoms with van der Waals surface area (Å²) in [5, 5.41) is 4.12. The number of pyridine rings is 1. The molecule has 116 valence electrons. The summed E-state index contributed by atoms with van der Waals surface area (Å²) in [7, 11) is 0. The molecular weight excluding hydrogens is 302 g/mol. The molecule has 0 aliphatic heterocycles. The first-order valence-corrected chi connectivity index (χ1v) is 6.58. The maximum absolute atomic E-state index is 11.9. The van der Waals surface area contributed by atoms with Crippen molar-refractivity contribution in [2.75, 3.05) is 6.54 Å². The summed E-state index contributed by atoms with van der Waals surface area (Å²) in [5.41, 5.74) is 2.93. The fraction of sp³-hybridized carbons (Fsp3) is 0.125. The van der Waals surface area contributed by atoms with Gasteiger partial charge in [-0.1, -0.05) is 18.2 Å². The van der Waals surface area contributed by atoms with E-state index in [1.165, 1.54) is 10.9 Å². The van der Waals surface area contributed by atoms with Crippen LogP contribution >= 0.6 is 12.4 Å². The van der Waals surface area contributed by atoms with Crippen LogP contribution in [0.25, 0.3) is 10.9 Å². The van der Waals surface area contributed by atoms with Crippen molar-refractivity contribution in [1.29, 1.82) is 0 Å². The summed E-state index contributed by atoms with van der Waals surface area (Å²) in [6.45, 7) is 0.607. The zero-order valence-corrected chi connectivity index (χ0v) is 12.7. The number of amides is 1. The number of carbonyl (C=O) groups is 1. The van der Waals surface area contributed by atoms with Gasteiger partial charge in [0.1, 0.15) is 0 Å². The van der Waals surface area contributed by atoms with Crippen molar-refractivity contribution in [1.82, 2.24) is 15.3 Å². The highest BCUT2D eigenvalue weighted by Crippen LogP contribution is 2.17. The third-order valence-electron chi connectivity index (χ3n) is 3.28. The minimum absolute atomic E-state index is 0. The molecule has 0 saturated carbocycles. The Bertz CT molecular complexity index is 728. The molecule has 2 aromatic heterocycles. The third-order valence-corrected chi connectivity index (χ3v) is 3.28. The second kappa shape index (κ2) is 8.17. The van der Waals surface area contributed by atoms with Crippen LogP contribution in [-0.2, 0) is 6.42 Å². The Balaban J connectivity index is 0.00000121. The average molecular weight is 320 g/mol. The van der Waals surface area contributed by atoms with Crippen LogP contribution in [0.15, 0.2) is 55.0 Å². The summed E-state index contributed by atoms with van der Waals surface area (Å²) in [6, 6.07) is 11.7. The van der Waals surface area contributed by atoms with Gasteiger partial charge in [0.2, 0.25) is 0 Å². The maximum Gasteiger partial charge on any atom is 0.252 e. The van der Waals surface area contributed by atoms with Gasteiger partial charge in [0, 0.05) is 36.0 Å². The predicted octanol–water partition coefficient (Wildman–Crippen LogP) is 2.13. The second-order valence-corrected chi connectivity index (χ2v) is 4.61. The molecule has 3 rings (SSSR count). The van der Waals surface area contributed by atoms with E-state index in [2.05, 4.69) is 21.4 Å². The van der Waals surface area contributed by atoms with Crippen molar-refractivity contribution >= 4 is 29.2 Å². The van der Waals surface area contributed by atoms with Crippen LogP contribution in [0.4, 0.5) is 0 Å². The monoisotopic (exact) mass is 319 g/mol. The van der Waals surface area contributed by atoms with Crippen molar-refractivity contribution in [2.45, 2.75) is 6.42 Å². The topological polar surface area (TPSA) is 89.3 Å². The van der Waals surface area contributed by atoms with Gasteiger partial charge in [0.15, 0.2) is 0 Å². The summed E-state index contributed by atoms with van der Waals surface area (Å²) < 4.78 is 0. The lowest BCUT2D eigenvalue weighted by atomic mass is 10.1. The molecule has 22 heavy (non-hydrogen) atoms. The molecule has 0 aliphatic rings. The lowest BCUT2D eigenvalue weighted by molar-refractivity contribution is 0.0954. The standard InChI is InChI=1S/C16H15N3O.ClH.H2O/c20-16(13-4-3-8-17-10-13)18-9-7-12-11-19-15-6-2-1-5-14(12)15;;/h1-6,8,10-11,19H,7,9H2,(H,18,20);1H;1H2. The van der Waals surface area contributed by atoms with Crippen LogP contribution in [0.5, 0.6) is 0 Å². The van der Waals surface area contributed by atoms with E-state index in [0.717, 1.165) is 11.9 Å². The first-order chi connectivity index (χ1) is 9.84. The number of carbonyl (C=O) groups excluding carboxylic acids is 1. The van der Waals surface area contributed by atoms with E-state index in [4.69, 9.17) is 0 Å². The molecule has 2 heterocycles. The van der Waals surface area contributed by atoms with E-state index in [0.29, 0.717) is 12.1 Å². The highest BCUT2D eigenvalue weighted by atomic mass is 35.5. The quantitative estimate of drug-likeness (QED) is 0.771. The van der Waals surface area contributed by atoms with Gasteiger partial charge in [-0.25, -0.2) is 0 Å². The number of halogens is 1. The lowest BCUT2D eigenvalue weighted by Crippen LogP contribution is -2.25. The Labute approximate surface area is 134 Å². The van der Waals surface area contributed by atoms with Crippen LogP contribution in [0.1, 0.15) is 15.9 Å². The number of para-hydroxylation sites is 1. The van der Waals surface area contributed by atoms with Crippen LogP contribution in [0.2, 0.25) is 0 Å². The van der Waals surface area contributed by atoms with Crippen LogP contribution in [-0.4, -0.2) is 27.9 Å². The summed E-state index contributed by atoms with van der Waals surface area (Å²) in [4.78, 5) is 19.1. The number of nitrogens with one attached hydrogen (secondary N) is 2. The van der Waals surface area contributed by atoms with Crippen LogP contribution in [0, 0.1) is 0 Å². The van der Waals surface area contributed by atoms with Crippen molar-refractivity contribution in [3.05, 3.63) is 66.1 Å². The van der Waals surface area contributed by atoms with Gasteiger partial charge in [-0.05, 0) is 30.2 Å². The fourth-order valence-electron chi connectivity index (χ4n) is 2.25. The summed E-state index contributed by atoms with van der Waals surface area (Å²) in [6.07, 6.45) is 6.03. The molecular formula is C16H18ClN3O2. The minimum atomic E-state index is -0.0852. The minimum Gasteiger partial charge on any atom is -0.412 e. The molecule has 0 radical (unpaired) electrons. The summed E-state index contributed by atoms with van der Waals surface area (Å²) in [5.74, 6) is -0.0852. The molecule has 0 bridgehead atoms. The van der Waals surface area contributed by atoms with Gasteiger partial charge in [-0.3, -0.25) is 9.78 Å². The molecule has 0 unspecified atom stereocenters. The van der Waals surface area contributed by atoms with Crippen molar-refractivity contribution in [3.63, 3.8) is 0 Å². The Morgan fingerprint density at radius 3 is 2.77 bits per heavy atom. The van der Waals surface area contributed by atoms with E-state index in [1.807, 2.05) is 24.4 Å². The Kier molecular flexibility index (Phi) is 6.56. The normalized spacial score (nSPS) is 9.64. The van der Waals surface area contributed by atoms with Gasteiger partial charge in [-0.15, -0.1) is 12.4 Å². The van der Waals surface area contributed by atoms with E-state index >= 15 is 0 Å². The first kappa shape index (κ1) is 17.7. The first-order valence-electron chi connectivity index (χ1n) is 6.58. The largest absolute Gasteiger partial charge is 0.412 e. The Morgan fingerprint density at radius 1 is 1.18 bits per heavy atom. The molecule has 0 fully saturated rings. The van der Waals surface area contributed by atoms with E-state index < -0.39 is 0 Å². The van der Waals surface area contributed by atoms with Gasteiger partial charge in [0.05, 0.1) is 5.56 Å². The highest BCUT2D eigenvalue weighted by Gasteiger charge is 2.06. The van der Waals surface area contributed by atoms with Gasteiger partial charge in [0.25, 0.3) is 5.91 Å². The van der Waals surface area contributed by atoms with Crippen LogP contribution in [0.3, 0.4) is 0 Å². The average Bonchev–Trinajstić information content (AvgIpc) is 2.92. The smallest absolute Gasteiger partial charge is 0.252 e. The number of aromatic nitrogens is 2. The Hall–Kier alpha value is -2.37. The maximum atomic E-state index is 11.9. The molecule has 1 amide bonds. The third kappa shape index (κ3) is 3.84. The molecule has 0 atom stereocenters. The van der Waals surface area contributed by atoms with Gasteiger partial charge < -0.3 is 15.8 Å². The zero-order chi connectivity index (χ0) is 13.8.